The van der Waals surface area contributed by atoms with Gasteiger partial charge in [-0.2, -0.15) is 0 Å². The zero-order valence-electron chi connectivity index (χ0n) is 14.6. The van der Waals surface area contributed by atoms with Crippen molar-refractivity contribution < 1.29 is 13.2 Å². The smallest absolute Gasteiger partial charge is 0.240 e. The zero-order chi connectivity index (χ0) is 19.8. The molecule has 6 nitrogen and oxygen atoms in total. The maximum Gasteiger partial charge on any atom is 0.240 e. The molecule has 1 amide bonds. The van der Waals surface area contributed by atoms with Gasteiger partial charge in [0, 0.05) is 28.8 Å². The van der Waals surface area contributed by atoms with Gasteiger partial charge in [-0.1, -0.05) is 35.3 Å². The first-order chi connectivity index (χ1) is 12.6. The van der Waals surface area contributed by atoms with Crippen LogP contribution in [0.2, 0.25) is 10.0 Å². The predicted molar refractivity (Wildman–Crippen MR) is 107 cm³/mol. The van der Waals surface area contributed by atoms with Gasteiger partial charge in [0.15, 0.2) is 0 Å². The van der Waals surface area contributed by atoms with Crippen molar-refractivity contribution in [2.75, 3.05) is 11.0 Å². The monoisotopic (exact) mass is 427 g/mol. The summed E-state index contributed by atoms with van der Waals surface area (Å²) in [5, 5.41) is 1.00. The number of carbonyl (C=O) groups excluding carboxylic acids is 1. The number of halogens is 2. The molecule has 0 radical (unpaired) electrons. The van der Waals surface area contributed by atoms with Crippen LogP contribution < -0.4 is 10.5 Å². The van der Waals surface area contributed by atoms with Crippen molar-refractivity contribution in [1.29, 1.82) is 0 Å². The van der Waals surface area contributed by atoms with Crippen LogP contribution >= 0.6 is 23.2 Å². The second kappa shape index (κ2) is 7.67. The molecule has 27 heavy (non-hydrogen) atoms. The van der Waals surface area contributed by atoms with Gasteiger partial charge in [-0.25, -0.2) is 8.42 Å². The maximum absolute atomic E-state index is 12.7. The minimum Gasteiger partial charge on any atom is -0.333 e. The molecule has 0 aromatic heterocycles. The fourth-order valence-corrected chi connectivity index (χ4v) is 4.11. The van der Waals surface area contributed by atoms with Crippen LogP contribution in [0.15, 0.2) is 36.4 Å². The number of rotatable bonds is 5. The van der Waals surface area contributed by atoms with Gasteiger partial charge in [0.2, 0.25) is 15.9 Å². The molecule has 9 heteroatoms. The van der Waals surface area contributed by atoms with Crippen molar-refractivity contribution in [3.05, 3.63) is 63.1 Å². The molecule has 0 fully saturated rings. The molecule has 1 atom stereocenters. The van der Waals surface area contributed by atoms with Crippen molar-refractivity contribution in [2.45, 2.75) is 25.6 Å². The van der Waals surface area contributed by atoms with Gasteiger partial charge in [0.1, 0.15) is 0 Å². The van der Waals surface area contributed by atoms with Crippen molar-refractivity contribution in [1.82, 2.24) is 4.90 Å². The fraction of sp³-hybridized carbons (Fsp3) is 0.278. The minimum absolute atomic E-state index is 0.185. The summed E-state index contributed by atoms with van der Waals surface area (Å²) in [5.41, 5.74) is 9.22. The largest absolute Gasteiger partial charge is 0.333 e. The molecule has 1 aliphatic rings. The standard InChI is InChI=1S/C18H19Cl2N3O3S/c1-27(25,26)22-15-5-3-12-9-23(10-13(12)6-15)18(24)17(21)7-11-2-4-14(19)8-16(11)20/h2-6,8,17,22H,7,9-10,21H2,1H3/t17-/m1/s1. The van der Waals surface area contributed by atoms with E-state index in [0.29, 0.717) is 35.2 Å². The number of hydrogen-bond donors (Lipinski definition) is 2. The molecule has 1 heterocycles. The number of sulfonamides is 1. The highest BCUT2D eigenvalue weighted by molar-refractivity contribution is 7.92. The van der Waals surface area contributed by atoms with Gasteiger partial charge in [0.05, 0.1) is 12.3 Å². The van der Waals surface area contributed by atoms with E-state index in [1.165, 1.54) is 0 Å². The number of benzene rings is 2. The van der Waals surface area contributed by atoms with Crippen molar-refractivity contribution in [3.63, 3.8) is 0 Å². The van der Waals surface area contributed by atoms with E-state index in [2.05, 4.69) is 4.72 Å². The Kier molecular flexibility index (Phi) is 5.67. The predicted octanol–water partition coefficient (Wildman–Crippen LogP) is 2.78. The van der Waals surface area contributed by atoms with E-state index in [1.807, 2.05) is 6.07 Å². The van der Waals surface area contributed by atoms with Crippen LogP contribution in [0.25, 0.3) is 0 Å². The van der Waals surface area contributed by atoms with Crippen LogP contribution in [0.5, 0.6) is 0 Å². The number of carbonyl (C=O) groups is 1. The number of fused-ring (bicyclic) bond motifs is 1. The summed E-state index contributed by atoms with van der Waals surface area (Å²) in [7, 11) is -3.35. The second-order valence-corrected chi connectivity index (χ2v) is 9.19. The summed E-state index contributed by atoms with van der Waals surface area (Å²) >= 11 is 12.1. The van der Waals surface area contributed by atoms with E-state index in [0.717, 1.165) is 22.9 Å². The Hall–Kier alpha value is -1.80. The lowest BCUT2D eigenvalue weighted by Crippen LogP contribution is -2.42. The highest BCUT2D eigenvalue weighted by Crippen LogP contribution is 2.27. The third kappa shape index (κ3) is 4.93. The third-order valence-corrected chi connectivity index (χ3v) is 5.51. The molecule has 0 unspecified atom stereocenters. The Morgan fingerprint density at radius 1 is 1.19 bits per heavy atom. The molecule has 144 valence electrons. The summed E-state index contributed by atoms with van der Waals surface area (Å²) in [5.74, 6) is -0.185. The van der Waals surface area contributed by atoms with E-state index < -0.39 is 16.1 Å². The number of nitrogens with zero attached hydrogens (tertiary/aromatic N) is 1. The molecule has 0 aliphatic carbocycles. The Bertz CT molecular complexity index is 995. The van der Waals surface area contributed by atoms with Gasteiger partial charge in [-0.3, -0.25) is 9.52 Å². The van der Waals surface area contributed by atoms with E-state index in [1.54, 1.807) is 35.2 Å². The number of nitrogens with one attached hydrogen (secondary N) is 1. The van der Waals surface area contributed by atoms with Gasteiger partial charge in [-0.05, 0) is 47.4 Å². The highest BCUT2D eigenvalue weighted by Gasteiger charge is 2.28. The second-order valence-electron chi connectivity index (χ2n) is 6.60. The Labute approximate surface area is 168 Å². The summed E-state index contributed by atoms with van der Waals surface area (Å²) in [6, 6.07) is 9.61. The van der Waals surface area contributed by atoms with E-state index in [9.17, 15) is 13.2 Å². The molecule has 0 bridgehead atoms. The quantitative estimate of drug-likeness (QED) is 0.766. The molecular weight excluding hydrogens is 409 g/mol. The number of nitrogens with two attached hydrogens (primary N) is 1. The van der Waals surface area contributed by atoms with E-state index in [4.69, 9.17) is 28.9 Å². The van der Waals surface area contributed by atoms with E-state index >= 15 is 0 Å². The maximum atomic E-state index is 12.7. The Morgan fingerprint density at radius 2 is 1.89 bits per heavy atom. The molecule has 3 N–H and O–H groups in total. The molecule has 1 aliphatic heterocycles. The van der Waals surface area contributed by atoms with Crippen LogP contribution in [0, 0.1) is 0 Å². The Balaban J connectivity index is 1.68. The van der Waals surface area contributed by atoms with Gasteiger partial charge >= 0.3 is 0 Å². The van der Waals surface area contributed by atoms with Crippen molar-refractivity contribution in [2.24, 2.45) is 5.73 Å². The SMILES string of the molecule is CS(=O)(=O)Nc1ccc2c(c1)CN(C(=O)[C@H](N)Cc1ccc(Cl)cc1Cl)C2. The molecule has 2 aromatic rings. The zero-order valence-corrected chi connectivity index (χ0v) is 16.9. The third-order valence-electron chi connectivity index (χ3n) is 4.32. The van der Waals surface area contributed by atoms with E-state index in [-0.39, 0.29) is 5.91 Å². The summed E-state index contributed by atoms with van der Waals surface area (Å²) in [6.07, 6.45) is 1.40. The minimum atomic E-state index is -3.35. The lowest BCUT2D eigenvalue weighted by atomic mass is 10.1. The Morgan fingerprint density at radius 3 is 2.56 bits per heavy atom. The molecule has 0 spiro atoms. The summed E-state index contributed by atoms with van der Waals surface area (Å²) in [4.78, 5) is 14.4. The fourth-order valence-electron chi connectivity index (χ4n) is 3.07. The number of hydrogen-bond acceptors (Lipinski definition) is 4. The first-order valence-electron chi connectivity index (χ1n) is 8.20. The van der Waals surface area contributed by atoms with Crippen molar-refractivity contribution >= 4 is 44.8 Å². The van der Waals surface area contributed by atoms with Crippen LogP contribution in [0.4, 0.5) is 5.69 Å². The number of anilines is 1. The average Bonchev–Trinajstić information content (AvgIpc) is 2.98. The summed E-state index contributed by atoms with van der Waals surface area (Å²) in [6.45, 7) is 0.824. The molecule has 3 rings (SSSR count). The number of amides is 1. The first kappa shape index (κ1) is 19.9. The molecular formula is C18H19Cl2N3O3S. The highest BCUT2D eigenvalue weighted by atomic mass is 35.5. The molecule has 0 saturated carbocycles. The van der Waals surface area contributed by atoms with Crippen LogP contribution in [-0.4, -0.2) is 31.5 Å². The lowest BCUT2D eigenvalue weighted by molar-refractivity contribution is -0.133. The first-order valence-corrected chi connectivity index (χ1v) is 10.8. The molecule has 0 saturated heterocycles. The van der Waals surface area contributed by atoms with Gasteiger partial charge in [0.25, 0.3) is 0 Å². The van der Waals surface area contributed by atoms with Crippen LogP contribution in [-0.2, 0) is 34.3 Å². The normalized spacial score (nSPS) is 14.7. The lowest BCUT2D eigenvalue weighted by Gasteiger charge is -2.20. The average molecular weight is 428 g/mol. The molecule has 2 aromatic carbocycles. The van der Waals surface area contributed by atoms with Crippen LogP contribution in [0.1, 0.15) is 16.7 Å². The summed E-state index contributed by atoms with van der Waals surface area (Å²) < 4.78 is 25.2. The van der Waals surface area contributed by atoms with Crippen molar-refractivity contribution in [3.8, 4) is 0 Å². The topological polar surface area (TPSA) is 92.5 Å². The van der Waals surface area contributed by atoms with Gasteiger partial charge in [-0.15, -0.1) is 0 Å². The van der Waals surface area contributed by atoms with Crippen LogP contribution in [0.3, 0.4) is 0 Å². The van der Waals surface area contributed by atoms with Gasteiger partial charge < -0.3 is 10.6 Å².